The van der Waals surface area contributed by atoms with Gasteiger partial charge in [0, 0.05) is 4.92 Å². The van der Waals surface area contributed by atoms with Gasteiger partial charge in [0.1, 0.15) is 6.61 Å². The lowest BCUT2D eigenvalue weighted by molar-refractivity contribution is -0.468. The quantitative estimate of drug-likeness (QED) is 0.383. The Balaban J connectivity index is 2.46. The number of nitrogens with one attached hydrogen (secondary N) is 1. The molecular weight excluding hydrogens is 414 g/mol. The SMILES string of the molecule is CCCCC(C(=O)C[N+](=O)[O-])C(NC(=O)OCc1ccccc1)(C(N)=O)c1ccccc1. The van der Waals surface area contributed by atoms with Crippen molar-refractivity contribution in [2.75, 3.05) is 6.54 Å². The van der Waals surface area contributed by atoms with Crippen molar-refractivity contribution in [1.29, 1.82) is 0 Å². The zero-order valence-electron chi connectivity index (χ0n) is 17.9. The van der Waals surface area contributed by atoms with Gasteiger partial charge in [0.05, 0.1) is 5.92 Å². The highest BCUT2D eigenvalue weighted by Crippen LogP contribution is 2.34. The highest BCUT2D eigenvalue weighted by Gasteiger charge is 2.51. The second kappa shape index (κ2) is 11.6. The standard InChI is InChI=1S/C23H27N3O6/c1-2-3-14-19(20(27)15-26(30)31)23(21(24)28,18-12-8-5-9-13-18)25-22(29)32-16-17-10-6-4-7-11-17/h4-13,19H,2-3,14-16H2,1H3,(H2,24,28)(H,25,29). The Morgan fingerprint density at radius 2 is 1.69 bits per heavy atom. The summed E-state index contributed by atoms with van der Waals surface area (Å²) in [7, 11) is 0. The fourth-order valence-corrected chi connectivity index (χ4v) is 3.62. The molecule has 0 aliphatic carbocycles. The number of alkyl carbamates (subject to hydrolysis) is 1. The zero-order chi connectivity index (χ0) is 23.6. The summed E-state index contributed by atoms with van der Waals surface area (Å²) in [6, 6.07) is 16.9. The normalized spacial score (nSPS) is 13.4. The lowest BCUT2D eigenvalue weighted by atomic mass is 9.72. The Kier molecular flexibility index (Phi) is 8.88. The Labute approximate surface area is 186 Å². The number of Topliss-reactive ketones (excluding diaryl/α,β-unsaturated/α-hetero) is 1. The first-order valence-corrected chi connectivity index (χ1v) is 10.3. The number of amides is 2. The minimum Gasteiger partial charge on any atom is -0.445 e. The van der Waals surface area contributed by atoms with Crippen molar-refractivity contribution in [1.82, 2.24) is 5.32 Å². The molecule has 2 aromatic carbocycles. The summed E-state index contributed by atoms with van der Waals surface area (Å²) in [5.74, 6) is -3.04. The number of ether oxygens (including phenoxy) is 1. The Hall–Kier alpha value is -3.75. The predicted molar refractivity (Wildman–Crippen MR) is 117 cm³/mol. The number of primary amides is 1. The van der Waals surface area contributed by atoms with Crippen molar-refractivity contribution in [3.63, 3.8) is 0 Å². The minimum atomic E-state index is -2.00. The summed E-state index contributed by atoms with van der Waals surface area (Å²) in [5.41, 5.74) is 4.74. The molecule has 3 N–H and O–H groups in total. The van der Waals surface area contributed by atoms with Crippen LogP contribution in [0.4, 0.5) is 4.79 Å². The number of nitrogens with two attached hydrogens (primary N) is 1. The van der Waals surface area contributed by atoms with E-state index < -0.39 is 40.7 Å². The number of benzene rings is 2. The molecule has 2 amide bonds. The van der Waals surface area contributed by atoms with Gasteiger partial charge in [-0.15, -0.1) is 0 Å². The van der Waals surface area contributed by atoms with Crippen molar-refractivity contribution in [3.8, 4) is 0 Å². The summed E-state index contributed by atoms with van der Waals surface area (Å²) >= 11 is 0. The van der Waals surface area contributed by atoms with E-state index in [9.17, 15) is 24.5 Å². The van der Waals surface area contributed by atoms with Crippen molar-refractivity contribution >= 4 is 17.8 Å². The van der Waals surface area contributed by atoms with Crippen LogP contribution in [-0.4, -0.2) is 29.3 Å². The predicted octanol–water partition coefficient (Wildman–Crippen LogP) is 2.95. The first-order chi connectivity index (χ1) is 15.3. The van der Waals surface area contributed by atoms with Crippen LogP contribution in [0.15, 0.2) is 60.7 Å². The van der Waals surface area contributed by atoms with E-state index in [1.54, 1.807) is 54.6 Å². The van der Waals surface area contributed by atoms with Gasteiger partial charge >= 0.3 is 6.09 Å². The average molecular weight is 441 g/mol. The van der Waals surface area contributed by atoms with Crippen molar-refractivity contribution in [3.05, 3.63) is 81.9 Å². The molecule has 32 heavy (non-hydrogen) atoms. The van der Waals surface area contributed by atoms with Crippen LogP contribution in [0.1, 0.15) is 37.3 Å². The fraction of sp³-hybridized carbons (Fsp3) is 0.348. The number of ketones is 1. The number of unbranched alkanes of at least 4 members (excludes halogenated alkanes) is 1. The van der Waals surface area contributed by atoms with E-state index in [1.807, 2.05) is 13.0 Å². The third kappa shape index (κ3) is 6.13. The van der Waals surface area contributed by atoms with Crippen LogP contribution in [0.5, 0.6) is 0 Å². The molecule has 170 valence electrons. The fourth-order valence-electron chi connectivity index (χ4n) is 3.62. The number of nitro groups is 1. The summed E-state index contributed by atoms with van der Waals surface area (Å²) in [6.45, 7) is 0.820. The van der Waals surface area contributed by atoms with Crippen LogP contribution < -0.4 is 11.1 Å². The van der Waals surface area contributed by atoms with Gasteiger partial charge in [-0.25, -0.2) is 4.79 Å². The van der Waals surface area contributed by atoms with Gasteiger partial charge in [-0.3, -0.25) is 19.7 Å². The molecule has 0 aromatic heterocycles. The number of carbonyl (C=O) groups is 3. The lowest BCUT2D eigenvalue weighted by Crippen LogP contribution is -2.61. The van der Waals surface area contributed by atoms with Gasteiger partial charge in [0.25, 0.3) is 6.54 Å². The second-order valence-corrected chi connectivity index (χ2v) is 7.38. The molecule has 2 unspecified atom stereocenters. The molecule has 0 spiro atoms. The van der Waals surface area contributed by atoms with Crippen LogP contribution in [-0.2, 0) is 26.5 Å². The molecule has 0 aliphatic rings. The zero-order valence-corrected chi connectivity index (χ0v) is 17.9. The molecule has 2 rings (SSSR count). The molecule has 0 radical (unpaired) electrons. The molecule has 0 aliphatic heterocycles. The number of hydrogen-bond donors (Lipinski definition) is 2. The molecular formula is C23H27N3O6. The molecule has 0 heterocycles. The third-order valence-electron chi connectivity index (χ3n) is 5.17. The van der Waals surface area contributed by atoms with Crippen molar-refractivity contribution < 1.29 is 24.0 Å². The summed E-state index contributed by atoms with van der Waals surface area (Å²) < 4.78 is 5.27. The van der Waals surface area contributed by atoms with E-state index in [4.69, 9.17) is 10.5 Å². The Morgan fingerprint density at radius 1 is 1.09 bits per heavy atom. The topological polar surface area (TPSA) is 142 Å². The largest absolute Gasteiger partial charge is 0.445 e. The summed E-state index contributed by atoms with van der Waals surface area (Å²) in [6.07, 6.45) is 0.327. The van der Waals surface area contributed by atoms with Gasteiger partial charge in [-0.2, -0.15) is 0 Å². The van der Waals surface area contributed by atoms with E-state index in [0.29, 0.717) is 12.8 Å². The summed E-state index contributed by atoms with van der Waals surface area (Å²) in [4.78, 5) is 48.8. The summed E-state index contributed by atoms with van der Waals surface area (Å²) in [5, 5.41) is 13.6. The van der Waals surface area contributed by atoms with E-state index in [0.717, 1.165) is 5.56 Å². The van der Waals surface area contributed by atoms with Crippen LogP contribution in [0, 0.1) is 16.0 Å². The van der Waals surface area contributed by atoms with Gasteiger partial charge in [0.15, 0.2) is 5.54 Å². The van der Waals surface area contributed by atoms with E-state index >= 15 is 0 Å². The van der Waals surface area contributed by atoms with Crippen LogP contribution in [0.25, 0.3) is 0 Å². The van der Waals surface area contributed by atoms with E-state index in [1.165, 1.54) is 0 Å². The first-order valence-electron chi connectivity index (χ1n) is 10.3. The molecule has 9 heteroatoms. The highest BCUT2D eigenvalue weighted by molar-refractivity contribution is 5.97. The number of nitrogens with zero attached hydrogens (tertiary/aromatic N) is 1. The third-order valence-corrected chi connectivity index (χ3v) is 5.17. The first kappa shape index (κ1) is 24.5. The number of rotatable bonds is 12. The van der Waals surface area contributed by atoms with Crippen LogP contribution >= 0.6 is 0 Å². The lowest BCUT2D eigenvalue weighted by Gasteiger charge is -2.37. The van der Waals surface area contributed by atoms with Crippen LogP contribution in [0.2, 0.25) is 0 Å². The minimum absolute atomic E-state index is 0.0707. The Morgan fingerprint density at radius 3 is 2.22 bits per heavy atom. The smallest absolute Gasteiger partial charge is 0.408 e. The van der Waals surface area contributed by atoms with Gasteiger partial charge in [0.2, 0.25) is 11.7 Å². The van der Waals surface area contributed by atoms with Crippen LogP contribution in [0.3, 0.4) is 0 Å². The molecule has 2 aromatic rings. The molecule has 0 fully saturated rings. The average Bonchev–Trinajstić information content (AvgIpc) is 2.77. The maximum Gasteiger partial charge on any atom is 0.408 e. The number of carbonyl (C=O) groups excluding carboxylic acids is 3. The molecule has 0 saturated carbocycles. The van der Waals surface area contributed by atoms with Gasteiger partial charge in [-0.05, 0) is 17.5 Å². The highest BCUT2D eigenvalue weighted by atomic mass is 16.6. The van der Waals surface area contributed by atoms with E-state index in [2.05, 4.69) is 5.32 Å². The van der Waals surface area contributed by atoms with E-state index in [-0.39, 0.29) is 18.6 Å². The number of hydrogen-bond acceptors (Lipinski definition) is 6. The molecule has 0 saturated heterocycles. The molecule has 2 atom stereocenters. The van der Waals surface area contributed by atoms with Gasteiger partial charge in [-0.1, -0.05) is 80.4 Å². The maximum atomic E-state index is 12.9. The second-order valence-electron chi connectivity index (χ2n) is 7.38. The Bertz CT molecular complexity index is 935. The molecule has 9 nitrogen and oxygen atoms in total. The van der Waals surface area contributed by atoms with Crippen molar-refractivity contribution in [2.45, 2.75) is 38.3 Å². The van der Waals surface area contributed by atoms with Crippen molar-refractivity contribution in [2.24, 2.45) is 11.7 Å². The molecule has 0 bridgehead atoms. The van der Waals surface area contributed by atoms with Gasteiger partial charge < -0.3 is 15.8 Å². The maximum absolute atomic E-state index is 12.9. The monoisotopic (exact) mass is 441 g/mol.